The van der Waals surface area contributed by atoms with E-state index >= 15 is 0 Å². The molecule has 0 aliphatic heterocycles. The van der Waals surface area contributed by atoms with Crippen LogP contribution in [-0.4, -0.2) is 30.3 Å². The maximum absolute atomic E-state index is 5.42. The fourth-order valence-corrected chi connectivity index (χ4v) is 2.38. The van der Waals surface area contributed by atoms with E-state index in [2.05, 4.69) is 37.7 Å². The van der Waals surface area contributed by atoms with Crippen molar-refractivity contribution in [3.63, 3.8) is 0 Å². The van der Waals surface area contributed by atoms with Gasteiger partial charge in [-0.25, -0.2) is 10.5 Å². The summed E-state index contributed by atoms with van der Waals surface area (Å²) in [5, 5.41) is 7.54. The van der Waals surface area contributed by atoms with Gasteiger partial charge in [-0.3, -0.25) is 5.43 Å². The standard InChI is InChI=1S/C12H18N8/c1-2-12(5-3-6-12)18-9-15-10(19-13)17-11(16-9)20-8-4-7-14-20/h4,7-8H,2-3,5-6,13H2,1H3,(H2,15,16,17,18,19). The molecule has 1 aliphatic rings. The van der Waals surface area contributed by atoms with Crippen LogP contribution in [0.3, 0.4) is 0 Å². The zero-order valence-corrected chi connectivity index (χ0v) is 11.4. The second kappa shape index (κ2) is 5.04. The summed E-state index contributed by atoms with van der Waals surface area (Å²) in [4.78, 5) is 12.9. The van der Waals surface area contributed by atoms with Gasteiger partial charge in [-0.2, -0.15) is 20.1 Å². The molecule has 8 nitrogen and oxygen atoms in total. The predicted octanol–water partition coefficient (Wildman–Crippen LogP) is 1.09. The molecule has 0 spiro atoms. The van der Waals surface area contributed by atoms with Gasteiger partial charge >= 0.3 is 0 Å². The molecule has 0 amide bonds. The van der Waals surface area contributed by atoms with Crippen molar-refractivity contribution in [3.8, 4) is 5.95 Å². The summed E-state index contributed by atoms with van der Waals surface area (Å²) in [5.41, 5.74) is 2.57. The fraction of sp³-hybridized carbons (Fsp3) is 0.500. The lowest BCUT2D eigenvalue weighted by molar-refractivity contribution is 0.268. The molecule has 106 valence electrons. The number of nitrogen functional groups attached to an aromatic ring is 1. The zero-order chi connectivity index (χ0) is 14.0. The molecule has 2 heterocycles. The first-order valence-corrected chi connectivity index (χ1v) is 6.75. The Morgan fingerprint density at radius 1 is 1.30 bits per heavy atom. The van der Waals surface area contributed by atoms with Crippen LogP contribution in [0.4, 0.5) is 11.9 Å². The molecule has 0 atom stereocenters. The van der Waals surface area contributed by atoms with Crippen LogP contribution in [0.15, 0.2) is 18.5 Å². The molecule has 0 unspecified atom stereocenters. The third-order valence-electron chi connectivity index (χ3n) is 3.83. The molecular weight excluding hydrogens is 256 g/mol. The van der Waals surface area contributed by atoms with Gasteiger partial charge in [0.05, 0.1) is 0 Å². The van der Waals surface area contributed by atoms with Gasteiger partial charge in [-0.15, -0.1) is 0 Å². The van der Waals surface area contributed by atoms with E-state index in [9.17, 15) is 0 Å². The molecule has 1 aliphatic carbocycles. The van der Waals surface area contributed by atoms with E-state index in [0.29, 0.717) is 17.8 Å². The minimum absolute atomic E-state index is 0.106. The van der Waals surface area contributed by atoms with Crippen LogP contribution in [0.1, 0.15) is 32.6 Å². The number of nitrogens with zero attached hydrogens (tertiary/aromatic N) is 5. The molecular formula is C12H18N8. The molecule has 1 saturated carbocycles. The summed E-state index contributed by atoms with van der Waals surface area (Å²) in [6, 6.07) is 1.81. The first-order valence-electron chi connectivity index (χ1n) is 6.75. The number of hydrazine groups is 1. The third kappa shape index (κ3) is 2.29. The summed E-state index contributed by atoms with van der Waals surface area (Å²) >= 11 is 0. The Bertz CT molecular complexity index is 570. The zero-order valence-electron chi connectivity index (χ0n) is 11.4. The van der Waals surface area contributed by atoms with Gasteiger partial charge in [0.25, 0.3) is 5.95 Å². The van der Waals surface area contributed by atoms with Gasteiger partial charge in [0.2, 0.25) is 11.9 Å². The van der Waals surface area contributed by atoms with Crippen LogP contribution in [0, 0.1) is 0 Å². The summed E-state index contributed by atoms with van der Waals surface area (Å²) in [7, 11) is 0. The smallest absolute Gasteiger partial charge is 0.257 e. The lowest BCUT2D eigenvalue weighted by Gasteiger charge is -2.41. The molecule has 2 aromatic heterocycles. The van der Waals surface area contributed by atoms with Gasteiger partial charge in [0.15, 0.2) is 0 Å². The van der Waals surface area contributed by atoms with Gasteiger partial charge in [-0.1, -0.05) is 6.92 Å². The SMILES string of the molecule is CCC1(Nc2nc(NN)nc(-n3cccn3)n2)CCC1. The summed E-state index contributed by atoms with van der Waals surface area (Å²) in [5.74, 6) is 6.71. The number of hydrogen-bond donors (Lipinski definition) is 3. The van der Waals surface area contributed by atoms with Crippen LogP contribution in [-0.2, 0) is 0 Å². The maximum Gasteiger partial charge on any atom is 0.257 e. The largest absolute Gasteiger partial charge is 0.349 e. The molecule has 4 N–H and O–H groups in total. The van der Waals surface area contributed by atoms with Crippen molar-refractivity contribution in [2.75, 3.05) is 10.7 Å². The number of nitrogens with two attached hydrogens (primary N) is 1. The Hall–Kier alpha value is -2.22. The van der Waals surface area contributed by atoms with E-state index in [1.807, 2.05) is 6.07 Å². The molecule has 2 aromatic rings. The van der Waals surface area contributed by atoms with Gasteiger partial charge < -0.3 is 5.32 Å². The molecule has 0 aromatic carbocycles. The monoisotopic (exact) mass is 274 g/mol. The fourth-order valence-electron chi connectivity index (χ4n) is 2.38. The van der Waals surface area contributed by atoms with Crippen LogP contribution < -0.4 is 16.6 Å². The van der Waals surface area contributed by atoms with Crippen molar-refractivity contribution in [2.24, 2.45) is 5.84 Å². The highest BCUT2D eigenvalue weighted by atomic mass is 15.4. The normalized spacial score (nSPS) is 16.5. The molecule has 1 fully saturated rings. The second-order valence-corrected chi connectivity index (χ2v) is 4.99. The minimum atomic E-state index is 0.106. The molecule has 8 heteroatoms. The van der Waals surface area contributed by atoms with E-state index in [4.69, 9.17) is 5.84 Å². The van der Waals surface area contributed by atoms with E-state index in [1.54, 1.807) is 17.1 Å². The Morgan fingerprint density at radius 2 is 2.10 bits per heavy atom. The van der Waals surface area contributed by atoms with Crippen molar-refractivity contribution in [2.45, 2.75) is 38.1 Å². The van der Waals surface area contributed by atoms with Gasteiger partial charge in [0, 0.05) is 17.9 Å². The molecule has 0 bridgehead atoms. The van der Waals surface area contributed by atoms with Crippen LogP contribution >= 0.6 is 0 Å². The van der Waals surface area contributed by atoms with Crippen molar-refractivity contribution < 1.29 is 0 Å². The first kappa shape index (κ1) is 12.8. The Balaban J connectivity index is 1.92. The molecule has 3 rings (SSSR count). The Labute approximate surface area is 116 Å². The van der Waals surface area contributed by atoms with Crippen molar-refractivity contribution in [1.29, 1.82) is 0 Å². The minimum Gasteiger partial charge on any atom is -0.349 e. The average molecular weight is 274 g/mol. The van der Waals surface area contributed by atoms with Gasteiger partial charge in [0.1, 0.15) is 0 Å². The topological polar surface area (TPSA) is 107 Å². The lowest BCUT2D eigenvalue weighted by Crippen LogP contribution is -2.45. The first-order chi connectivity index (χ1) is 9.74. The van der Waals surface area contributed by atoms with Gasteiger partial charge in [-0.05, 0) is 31.7 Å². The number of aromatic nitrogens is 5. The van der Waals surface area contributed by atoms with Crippen LogP contribution in [0.2, 0.25) is 0 Å². The van der Waals surface area contributed by atoms with Crippen molar-refractivity contribution >= 4 is 11.9 Å². The quantitative estimate of drug-likeness (QED) is 0.553. The van der Waals surface area contributed by atoms with E-state index in [0.717, 1.165) is 19.3 Å². The molecule has 0 saturated heterocycles. The van der Waals surface area contributed by atoms with Crippen LogP contribution in [0.25, 0.3) is 5.95 Å². The maximum atomic E-state index is 5.42. The van der Waals surface area contributed by atoms with Crippen molar-refractivity contribution in [1.82, 2.24) is 24.7 Å². The lowest BCUT2D eigenvalue weighted by atomic mass is 9.75. The van der Waals surface area contributed by atoms with E-state index in [-0.39, 0.29) is 5.54 Å². The van der Waals surface area contributed by atoms with Crippen molar-refractivity contribution in [3.05, 3.63) is 18.5 Å². The number of hydrogen-bond acceptors (Lipinski definition) is 7. The summed E-state index contributed by atoms with van der Waals surface area (Å²) in [6.45, 7) is 2.17. The summed E-state index contributed by atoms with van der Waals surface area (Å²) in [6.07, 6.45) is 8.00. The second-order valence-electron chi connectivity index (χ2n) is 4.99. The average Bonchev–Trinajstić information content (AvgIpc) is 2.96. The number of nitrogens with one attached hydrogen (secondary N) is 2. The number of anilines is 2. The Kier molecular flexibility index (Phi) is 3.23. The summed E-state index contributed by atoms with van der Waals surface area (Å²) < 4.78 is 1.58. The van der Waals surface area contributed by atoms with Crippen LogP contribution in [0.5, 0.6) is 0 Å². The molecule has 20 heavy (non-hydrogen) atoms. The highest BCUT2D eigenvalue weighted by molar-refractivity contribution is 5.39. The highest BCUT2D eigenvalue weighted by Crippen LogP contribution is 2.37. The third-order valence-corrected chi connectivity index (χ3v) is 3.83. The Morgan fingerprint density at radius 3 is 2.65 bits per heavy atom. The number of rotatable bonds is 5. The van der Waals surface area contributed by atoms with E-state index in [1.165, 1.54) is 6.42 Å². The van der Waals surface area contributed by atoms with E-state index < -0.39 is 0 Å². The molecule has 0 radical (unpaired) electrons. The predicted molar refractivity (Wildman–Crippen MR) is 75.3 cm³/mol. The highest BCUT2D eigenvalue weighted by Gasteiger charge is 2.35.